The van der Waals surface area contributed by atoms with E-state index in [1.807, 2.05) is 6.08 Å². The van der Waals surface area contributed by atoms with Crippen molar-refractivity contribution in [3.05, 3.63) is 28.8 Å². The van der Waals surface area contributed by atoms with Gasteiger partial charge in [-0.05, 0) is 86.3 Å². The fourth-order valence-electron chi connectivity index (χ4n) is 9.55. The molecule has 6 aliphatic rings. The molecular weight excluding hydrogens is 674 g/mol. The minimum Gasteiger partial charge on any atom is -0.458 e. The molecule has 0 amide bonds. The molecule has 2 heterocycles. The van der Waals surface area contributed by atoms with Gasteiger partial charge in [0.2, 0.25) is 20.0 Å². The Balaban J connectivity index is 0.000000187. The number of sulfonamides is 2. The number of primary sulfonamides is 1. The average molecular weight is 714 g/mol. The van der Waals surface area contributed by atoms with Crippen LogP contribution >= 0.6 is 23.4 Å². The van der Waals surface area contributed by atoms with E-state index in [1.54, 1.807) is 6.92 Å². The average Bonchev–Trinajstić information content (AvgIpc) is 3.47. The quantitative estimate of drug-likeness (QED) is 0.370. The first-order chi connectivity index (χ1) is 21.4. The van der Waals surface area contributed by atoms with Crippen LogP contribution in [0.4, 0.5) is 5.69 Å². The van der Waals surface area contributed by atoms with Gasteiger partial charge in [-0.15, -0.1) is 0 Å². The van der Waals surface area contributed by atoms with E-state index in [4.69, 9.17) is 21.5 Å². The van der Waals surface area contributed by atoms with Crippen LogP contribution in [-0.4, -0.2) is 51.2 Å². The summed E-state index contributed by atoms with van der Waals surface area (Å²) in [6, 6.07) is 2.15. The van der Waals surface area contributed by atoms with E-state index in [9.17, 15) is 31.2 Å². The van der Waals surface area contributed by atoms with E-state index in [1.165, 1.54) is 23.4 Å². The van der Waals surface area contributed by atoms with Crippen LogP contribution in [0.1, 0.15) is 78.6 Å². The highest BCUT2D eigenvalue weighted by Gasteiger charge is 2.68. The zero-order valence-corrected chi connectivity index (χ0v) is 29.3. The van der Waals surface area contributed by atoms with Crippen LogP contribution in [0.3, 0.4) is 0 Å². The van der Waals surface area contributed by atoms with Crippen LogP contribution in [0, 0.1) is 28.6 Å². The second-order valence-corrected chi connectivity index (χ2v) is 19.1. The molecule has 4 aliphatic carbocycles. The highest BCUT2D eigenvalue weighted by Crippen LogP contribution is 2.70. The number of hydrogen-bond donors (Lipinski definition) is 3. The van der Waals surface area contributed by atoms with E-state index in [2.05, 4.69) is 23.9 Å². The van der Waals surface area contributed by atoms with Gasteiger partial charge in [0.25, 0.3) is 0 Å². The minimum absolute atomic E-state index is 0.0119. The van der Waals surface area contributed by atoms with Gasteiger partial charge in [0, 0.05) is 30.4 Å². The van der Waals surface area contributed by atoms with Gasteiger partial charge in [0.05, 0.1) is 17.4 Å². The molecule has 1 saturated heterocycles. The molecule has 0 aromatic heterocycles. The lowest BCUT2D eigenvalue weighted by molar-refractivity contribution is -0.167. The Kier molecular flexibility index (Phi) is 8.54. The summed E-state index contributed by atoms with van der Waals surface area (Å²) in [7, 11) is -7.80. The summed E-state index contributed by atoms with van der Waals surface area (Å²) in [5.74, 6) is 1.67. The summed E-state index contributed by atoms with van der Waals surface area (Å²) >= 11 is 7.22. The van der Waals surface area contributed by atoms with Crippen molar-refractivity contribution in [2.45, 2.75) is 99.2 Å². The lowest BCUT2D eigenvalue weighted by atomic mass is 9.46. The zero-order valence-electron chi connectivity index (χ0n) is 26.1. The predicted molar refractivity (Wildman–Crippen MR) is 174 cm³/mol. The molecule has 0 bridgehead atoms. The first kappa shape index (κ1) is 33.9. The maximum absolute atomic E-state index is 12.2. The van der Waals surface area contributed by atoms with Gasteiger partial charge in [0.1, 0.15) is 15.4 Å². The van der Waals surface area contributed by atoms with Crippen molar-refractivity contribution >= 4 is 66.0 Å². The van der Waals surface area contributed by atoms with E-state index < -0.39 is 24.9 Å². The molecule has 1 aromatic rings. The largest absolute Gasteiger partial charge is 0.458 e. The van der Waals surface area contributed by atoms with E-state index in [-0.39, 0.29) is 60.8 Å². The number of nitrogens with one attached hydrogen (secondary N) is 2. The molecule has 0 radical (unpaired) electrons. The number of anilines is 1. The van der Waals surface area contributed by atoms with Crippen molar-refractivity contribution in [1.82, 2.24) is 4.72 Å². The van der Waals surface area contributed by atoms with Gasteiger partial charge < -0.3 is 10.1 Å². The second-order valence-electron chi connectivity index (χ2n) is 14.0. The number of carbonyl (C=O) groups excluding carboxylic acids is 3. The fourth-order valence-corrected chi connectivity index (χ4v) is 13.1. The van der Waals surface area contributed by atoms with E-state index in [0.717, 1.165) is 51.0 Å². The molecule has 7 rings (SSSR count). The van der Waals surface area contributed by atoms with Gasteiger partial charge >= 0.3 is 5.97 Å². The van der Waals surface area contributed by atoms with Crippen molar-refractivity contribution in [1.29, 1.82) is 0 Å². The van der Waals surface area contributed by atoms with Crippen LogP contribution in [0.2, 0.25) is 5.02 Å². The Morgan fingerprint density at radius 2 is 1.80 bits per heavy atom. The van der Waals surface area contributed by atoms with Gasteiger partial charge in [-0.2, -0.15) is 4.72 Å². The molecule has 2 aliphatic heterocycles. The third-order valence-corrected chi connectivity index (χ3v) is 15.7. The third kappa shape index (κ3) is 5.54. The number of allylic oxidation sites excluding steroid dienone is 1. The molecule has 252 valence electrons. The Morgan fingerprint density at radius 1 is 1.09 bits per heavy atom. The number of carbonyl (C=O) groups is 3. The van der Waals surface area contributed by atoms with Crippen molar-refractivity contribution in [2.75, 3.05) is 12.0 Å². The molecule has 4 N–H and O–H groups in total. The van der Waals surface area contributed by atoms with Crippen LogP contribution in [0.15, 0.2) is 33.6 Å². The smallest absolute Gasteiger partial charge is 0.306 e. The molecule has 46 heavy (non-hydrogen) atoms. The molecule has 0 unspecified atom stereocenters. The standard InChI is InChI=1S/C24H32O4S.C7H8ClN3O4S2/c1-14(25)29-19-13-15-12-16(26)4-8-22(15,2)17-5-9-23(3)18(21(17)19)6-10-24(23)11-7-20(27)28-24;8-4-1-5-7(2-6(4)16(9,12)13)17(14,15)11-3-10-5/h12,17-19,21H,4-11,13H2,1-3H3;1-2,10-11H,3H2,(H2,9,12,13)/t17-,18-,19+,21+,22-,23-,24+;/m0./s1. The summed E-state index contributed by atoms with van der Waals surface area (Å²) < 4.78 is 53.9. The number of benzene rings is 1. The normalized spacial score (nSPS) is 37.4. The van der Waals surface area contributed by atoms with Gasteiger partial charge in [-0.1, -0.05) is 42.8 Å². The topological polar surface area (TPSA) is 179 Å². The number of thioether (sulfide) groups is 1. The van der Waals surface area contributed by atoms with Gasteiger partial charge in [0.15, 0.2) is 10.9 Å². The number of rotatable bonds is 2. The molecule has 4 fully saturated rings. The molecular formula is C31H40ClN3O8S3. The van der Waals surface area contributed by atoms with Crippen molar-refractivity contribution in [3.63, 3.8) is 0 Å². The molecule has 15 heteroatoms. The van der Waals surface area contributed by atoms with E-state index >= 15 is 0 Å². The van der Waals surface area contributed by atoms with Crippen molar-refractivity contribution in [3.8, 4) is 0 Å². The lowest BCUT2D eigenvalue weighted by Crippen LogP contribution is -2.57. The third-order valence-electron chi connectivity index (χ3n) is 11.8. The van der Waals surface area contributed by atoms with Crippen LogP contribution < -0.4 is 15.2 Å². The van der Waals surface area contributed by atoms with Gasteiger partial charge in [-0.3, -0.25) is 14.4 Å². The maximum atomic E-state index is 12.2. The summed E-state index contributed by atoms with van der Waals surface area (Å²) in [6.07, 6.45) is 10.0. The number of esters is 1. The van der Waals surface area contributed by atoms with Gasteiger partial charge in [-0.25, -0.2) is 22.0 Å². The van der Waals surface area contributed by atoms with Crippen LogP contribution in [0.5, 0.6) is 0 Å². The predicted octanol–water partition coefficient (Wildman–Crippen LogP) is 4.50. The summed E-state index contributed by atoms with van der Waals surface area (Å²) in [6.45, 7) is 6.43. The first-order valence-electron chi connectivity index (χ1n) is 15.6. The molecule has 3 saturated carbocycles. The second kappa shape index (κ2) is 11.6. The number of halogens is 1. The van der Waals surface area contributed by atoms with Crippen molar-refractivity contribution < 1.29 is 36.0 Å². The zero-order chi connectivity index (χ0) is 33.4. The maximum Gasteiger partial charge on any atom is 0.306 e. The minimum atomic E-state index is -4.07. The molecule has 11 nitrogen and oxygen atoms in total. The summed E-state index contributed by atoms with van der Waals surface area (Å²) in [5, 5.41) is 7.94. The summed E-state index contributed by atoms with van der Waals surface area (Å²) in [4.78, 5) is 35.8. The number of ketones is 1. The number of nitrogens with two attached hydrogens (primary N) is 1. The van der Waals surface area contributed by atoms with Crippen LogP contribution in [0.25, 0.3) is 0 Å². The Hall–Kier alpha value is -1.97. The monoisotopic (exact) mass is 713 g/mol. The number of ether oxygens (including phenoxy) is 1. The number of fused-ring (bicyclic) bond motifs is 7. The molecule has 1 spiro atoms. The van der Waals surface area contributed by atoms with E-state index in [0.29, 0.717) is 30.6 Å². The highest BCUT2D eigenvalue weighted by molar-refractivity contribution is 8.14. The Morgan fingerprint density at radius 3 is 2.46 bits per heavy atom. The first-order valence-corrected chi connectivity index (χ1v) is 19.9. The SMILES string of the molecule is CC(=O)S[C@@H]1CC2=CC(=O)CC[C@]2(C)[C@H]2CC[C@@]3(C)[C@@H](CC[C@@]34CCC(=O)O4)[C@H]12.NS(=O)(=O)c1cc2c(cc1Cl)NCNS2(=O)=O. The highest BCUT2D eigenvalue weighted by atomic mass is 35.5. The van der Waals surface area contributed by atoms with Crippen molar-refractivity contribution in [2.24, 2.45) is 33.7 Å². The Labute approximate surface area is 279 Å². The summed E-state index contributed by atoms with van der Waals surface area (Å²) in [5.41, 5.74) is 1.33. The number of hydrogen-bond acceptors (Lipinski definition) is 10. The fraction of sp³-hybridized carbons (Fsp3) is 0.645. The van der Waals surface area contributed by atoms with Crippen LogP contribution in [-0.2, 0) is 39.2 Å². The Bertz CT molecular complexity index is 1770. The molecule has 7 atom stereocenters. The lowest BCUT2D eigenvalue weighted by Gasteiger charge is -2.61. The molecule has 1 aromatic carbocycles.